The number of hydrogen-bond donors (Lipinski definition) is 3. The number of aliphatic hydroxyl groups is 1. The van der Waals surface area contributed by atoms with Crippen molar-refractivity contribution in [2.24, 2.45) is 7.05 Å². The number of fused-ring (bicyclic) bond motifs is 1. The third-order valence-corrected chi connectivity index (χ3v) is 7.83. The number of anilines is 1. The minimum atomic E-state index is -0.241. The Morgan fingerprint density at radius 3 is 2.66 bits per heavy atom. The van der Waals surface area contributed by atoms with Crippen molar-refractivity contribution in [1.82, 2.24) is 24.6 Å². The normalized spacial score (nSPS) is 16.8. The maximum absolute atomic E-state index is 13.2. The van der Waals surface area contributed by atoms with Gasteiger partial charge in [0.25, 0.3) is 5.91 Å². The third-order valence-electron chi connectivity index (χ3n) is 7.83. The summed E-state index contributed by atoms with van der Waals surface area (Å²) in [6, 6.07) is 18.6. The Hall–Kier alpha value is -4.47. The zero-order valence-electron chi connectivity index (χ0n) is 23.0. The molecule has 9 nitrogen and oxygen atoms in total. The van der Waals surface area contributed by atoms with E-state index >= 15 is 0 Å². The number of ether oxygens (including phenoxy) is 1. The van der Waals surface area contributed by atoms with E-state index in [0.29, 0.717) is 18.7 Å². The van der Waals surface area contributed by atoms with E-state index in [1.165, 1.54) is 0 Å². The Labute approximate surface area is 238 Å². The number of nitrogen functional groups attached to an aromatic ring is 1. The molecule has 0 unspecified atom stereocenters. The number of aliphatic hydroxyl groups excluding tert-OH is 1. The van der Waals surface area contributed by atoms with Crippen molar-refractivity contribution in [3.63, 3.8) is 0 Å². The van der Waals surface area contributed by atoms with Gasteiger partial charge in [-0.3, -0.25) is 9.48 Å². The van der Waals surface area contributed by atoms with Crippen LogP contribution in [0.15, 0.2) is 79.4 Å². The summed E-state index contributed by atoms with van der Waals surface area (Å²) in [4.78, 5) is 17.4. The maximum atomic E-state index is 13.2. The summed E-state index contributed by atoms with van der Waals surface area (Å²) in [6.45, 7) is 1.18. The van der Waals surface area contributed by atoms with E-state index in [2.05, 4.69) is 68.5 Å². The molecule has 0 saturated heterocycles. The van der Waals surface area contributed by atoms with Crippen molar-refractivity contribution < 1.29 is 14.6 Å². The van der Waals surface area contributed by atoms with Crippen LogP contribution < -0.4 is 11.1 Å². The minimum Gasteiger partial charge on any atom is -0.395 e. The van der Waals surface area contributed by atoms with Crippen molar-refractivity contribution in [3.8, 4) is 22.3 Å². The largest absolute Gasteiger partial charge is 0.395 e. The van der Waals surface area contributed by atoms with Crippen molar-refractivity contribution in [2.75, 3.05) is 12.3 Å². The SMILES string of the molecule is Cn1cc(-c2cnc(N)c(C(=O)N[C@H]3CCC[C@@H]3OCc3ccc(-c4ccc5c(ccn5CCO)c4)cc3)c2)cn1. The number of hydrogen-bond acceptors (Lipinski definition) is 6. The lowest BCUT2D eigenvalue weighted by Gasteiger charge is -2.22. The number of amides is 1. The molecule has 0 aliphatic heterocycles. The van der Waals surface area contributed by atoms with Crippen LogP contribution >= 0.6 is 0 Å². The van der Waals surface area contributed by atoms with E-state index in [1.54, 1.807) is 23.1 Å². The summed E-state index contributed by atoms with van der Waals surface area (Å²) in [5.41, 5.74) is 12.6. The summed E-state index contributed by atoms with van der Waals surface area (Å²) in [5.74, 6) is -0.0400. The Bertz CT molecular complexity index is 1670. The Balaban J connectivity index is 1.08. The van der Waals surface area contributed by atoms with E-state index in [-0.39, 0.29) is 30.5 Å². The van der Waals surface area contributed by atoms with Gasteiger partial charge in [0.2, 0.25) is 0 Å². The van der Waals surface area contributed by atoms with Gasteiger partial charge in [0, 0.05) is 54.2 Å². The highest BCUT2D eigenvalue weighted by molar-refractivity contribution is 5.99. The van der Waals surface area contributed by atoms with Gasteiger partial charge in [0.15, 0.2) is 0 Å². The van der Waals surface area contributed by atoms with Crippen molar-refractivity contribution in [2.45, 2.75) is 44.6 Å². The van der Waals surface area contributed by atoms with Crippen LogP contribution in [0.2, 0.25) is 0 Å². The van der Waals surface area contributed by atoms with Crippen molar-refractivity contribution in [1.29, 1.82) is 0 Å². The number of benzene rings is 2. The summed E-state index contributed by atoms with van der Waals surface area (Å²) < 4.78 is 10.1. The van der Waals surface area contributed by atoms with E-state index in [1.807, 2.05) is 19.4 Å². The molecule has 4 N–H and O–H groups in total. The van der Waals surface area contributed by atoms with Gasteiger partial charge in [0.1, 0.15) is 5.82 Å². The van der Waals surface area contributed by atoms with Gasteiger partial charge in [-0.25, -0.2) is 4.98 Å². The molecule has 5 aromatic rings. The van der Waals surface area contributed by atoms with E-state index in [9.17, 15) is 9.90 Å². The monoisotopic (exact) mass is 550 g/mol. The van der Waals surface area contributed by atoms with Crippen LogP contribution in [-0.2, 0) is 24.9 Å². The Morgan fingerprint density at radius 2 is 1.88 bits per heavy atom. The van der Waals surface area contributed by atoms with E-state index < -0.39 is 0 Å². The lowest BCUT2D eigenvalue weighted by molar-refractivity contribution is 0.0272. The van der Waals surface area contributed by atoms with E-state index in [0.717, 1.165) is 58.0 Å². The van der Waals surface area contributed by atoms with Gasteiger partial charge >= 0.3 is 0 Å². The first-order valence-corrected chi connectivity index (χ1v) is 13.9. The average Bonchev–Trinajstić information content (AvgIpc) is 3.73. The lowest BCUT2D eigenvalue weighted by Crippen LogP contribution is -2.41. The second kappa shape index (κ2) is 11.6. The highest BCUT2D eigenvalue weighted by Crippen LogP contribution is 2.28. The first-order chi connectivity index (χ1) is 20.0. The number of nitrogens with two attached hydrogens (primary N) is 1. The molecule has 1 amide bonds. The number of pyridine rings is 1. The molecule has 3 aromatic heterocycles. The predicted molar refractivity (Wildman–Crippen MR) is 159 cm³/mol. The van der Waals surface area contributed by atoms with Crippen molar-refractivity contribution >= 4 is 22.6 Å². The van der Waals surface area contributed by atoms with Crippen LogP contribution in [0.1, 0.15) is 35.2 Å². The molecule has 0 spiro atoms. The molecule has 0 bridgehead atoms. The standard InChI is InChI=1S/C32H34N6O3/c1-37-19-26(18-35-37)25-16-27(31(33)34-17-25)32(40)36-28-3-2-4-30(28)41-20-21-5-7-22(8-6-21)23-9-10-29-24(15-23)11-12-38(29)13-14-39/h5-12,15-19,28,30,39H,2-4,13-14,20H2,1H3,(H2,33,34)(H,36,40)/t28-,30-/m0/s1. The summed E-state index contributed by atoms with van der Waals surface area (Å²) in [7, 11) is 1.84. The summed E-state index contributed by atoms with van der Waals surface area (Å²) >= 11 is 0. The number of nitrogens with one attached hydrogen (secondary N) is 1. The molecule has 0 radical (unpaired) electrons. The third kappa shape index (κ3) is 5.73. The van der Waals surface area contributed by atoms with Crippen molar-refractivity contribution in [3.05, 3.63) is 90.5 Å². The van der Waals surface area contributed by atoms with Crippen LogP contribution in [0.25, 0.3) is 33.2 Å². The zero-order chi connectivity index (χ0) is 28.3. The fourth-order valence-electron chi connectivity index (χ4n) is 5.60. The second-order valence-corrected chi connectivity index (χ2v) is 10.6. The molecule has 41 heavy (non-hydrogen) atoms. The summed E-state index contributed by atoms with van der Waals surface area (Å²) in [5, 5.41) is 17.8. The van der Waals surface area contributed by atoms with Crippen LogP contribution in [0, 0.1) is 0 Å². The molecule has 1 fully saturated rings. The Kier molecular flexibility index (Phi) is 7.54. The molecule has 210 valence electrons. The smallest absolute Gasteiger partial charge is 0.255 e. The number of carbonyl (C=O) groups is 1. The molecule has 1 saturated carbocycles. The number of aryl methyl sites for hydroxylation is 1. The highest BCUT2D eigenvalue weighted by atomic mass is 16.5. The summed E-state index contributed by atoms with van der Waals surface area (Å²) in [6.07, 6.45) is 9.94. The average molecular weight is 551 g/mol. The van der Waals surface area contributed by atoms with E-state index in [4.69, 9.17) is 10.5 Å². The zero-order valence-corrected chi connectivity index (χ0v) is 23.0. The van der Waals surface area contributed by atoms with Crippen LogP contribution in [0.3, 0.4) is 0 Å². The van der Waals surface area contributed by atoms with Gasteiger partial charge in [-0.05, 0) is 60.2 Å². The fourth-order valence-corrected chi connectivity index (χ4v) is 5.60. The molecule has 3 heterocycles. The number of carbonyl (C=O) groups excluding carboxylic acids is 1. The van der Waals surface area contributed by atoms with Gasteiger partial charge in [-0.15, -0.1) is 0 Å². The Morgan fingerprint density at radius 1 is 1.05 bits per heavy atom. The topological polar surface area (TPSA) is 120 Å². The molecule has 2 atom stereocenters. The lowest BCUT2D eigenvalue weighted by atomic mass is 10.0. The van der Waals surface area contributed by atoms with Gasteiger partial charge in [0.05, 0.1) is 37.1 Å². The maximum Gasteiger partial charge on any atom is 0.255 e. The van der Waals surface area contributed by atoms with Crippen LogP contribution in [0.4, 0.5) is 5.82 Å². The van der Waals surface area contributed by atoms with Crippen LogP contribution in [0.5, 0.6) is 0 Å². The molecular formula is C32H34N6O3. The van der Waals surface area contributed by atoms with Gasteiger partial charge in [-0.2, -0.15) is 5.10 Å². The van der Waals surface area contributed by atoms with Gasteiger partial charge < -0.3 is 25.5 Å². The highest BCUT2D eigenvalue weighted by Gasteiger charge is 2.30. The number of rotatable bonds is 9. The first kappa shape index (κ1) is 26.7. The first-order valence-electron chi connectivity index (χ1n) is 13.9. The molecule has 1 aliphatic rings. The molecule has 2 aromatic carbocycles. The number of aromatic nitrogens is 4. The molecule has 1 aliphatic carbocycles. The van der Waals surface area contributed by atoms with Crippen LogP contribution in [-0.4, -0.2) is 49.1 Å². The number of nitrogens with zero attached hydrogens (tertiary/aromatic N) is 4. The minimum absolute atomic E-state index is 0.0697. The quantitative estimate of drug-likeness (QED) is 0.248. The molecule has 6 rings (SSSR count). The molecular weight excluding hydrogens is 516 g/mol. The second-order valence-electron chi connectivity index (χ2n) is 10.6. The predicted octanol–water partition coefficient (Wildman–Crippen LogP) is 4.55. The van der Waals surface area contributed by atoms with Gasteiger partial charge in [-0.1, -0.05) is 30.3 Å². The molecule has 9 heteroatoms. The fraction of sp³-hybridized carbons (Fsp3) is 0.281.